The summed E-state index contributed by atoms with van der Waals surface area (Å²) < 4.78 is 1.20. The molecule has 0 spiro atoms. The molecule has 0 bridgehead atoms. The third kappa shape index (κ3) is 4.02. The van der Waals surface area contributed by atoms with E-state index in [1.54, 1.807) is 18.6 Å². The molecule has 1 saturated heterocycles. The number of benzene rings is 2. The van der Waals surface area contributed by atoms with Crippen LogP contribution in [0.3, 0.4) is 0 Å². The van der Waals surface area contributed by atoms with Gasteiger partial charge in [-0.3, -0.25) is 9.88 Å². The highest BCUT2D eigenvalue weighted by Crippen LogP contribution is 2.34. The third-order valence-electron chi connectivity index (χ3n) is 6.03. The molecule has 0 atom stereocenters. The molecule has 6 heteroatoms. The first-order valence-electron chi connectivity index (χ1n) is 10.5. The molecule has 0 N–H and O–H groups in total. The van der Waals surface area contributed by atoms with Crippen LogP contribution in [-0.2, 0) is 11.3 Å². The Morgan fingerprint density at radius 3 is 2.83 bits per heavy atom. The van der Waals surface area contributed by atoms with Gasteiger partial charge in [0.05, 0.1) is 16.4 Å². The van der Waals surface area contributed by atoms with Crippen LogP contribution in [-0.4, -0.2) is 41.4 Å². The number of carbonyl (C=O) groups excluding carboxylic acids is 1. The van der Waals surface area contributed by atoms with Crippen molar-refractivity contribution in [3.63, 3.8) is 0 Å². The van der Waals surface area contributed by atoms with E-state index in [2.05, 4.69) is 46.3 Å². The fraction of sp³-hybridized carbons (Fsp3) is 0.292. The second-order valence-electron chi connectivity index (χ2n) is 8.06. The number of para-hydroxylation sites is 1. The molecule has 4 aromatic rings. The zero-order valence-corrected chi connectivity index (χ0v) is 17.6. The normalized spacial score (nSPS) is 15.6. The highest BCUT2D eigenvalue weighted by atomic mass is 32.1. The summed E-state index contributed by atoms with van der Waals surface area (Å²) in [4.78, 5) is 22.4. The number of thiazole rings is 1. The zero-order chi connectivity index (χ0) is 20.3. The quantitative estimate of drug-likeness (QED) is 0.329. The minimum Gasteiger partial charge on any atom is -0.316 e. The van der Waals surface area contributed by atoms with Crippen LogP contribution in [0.25, 0.3) is 31.6 Å². The minimum absolute atomic E-state index is 0.653. The summed E-state index contributed by atoms with van der Waals surface area (Å²) in [7, 11) is 1.77. The van der Waals surface area contributed by atoms with Gasteiger partial charge < -0.3 is 4.79 Å². The van der Waals surface area contributed by atoms with Crippen LogP contribution in [0.2, 0.25) is 6.32 Å². The van der Waals surface area contributed by atoms with E-state index in [1.165, 1.54) is 28.5 Å². The van der Waals surface area contributed by atoms with Crippen molar-refractivity contribution >= 4 is 45.8 Å². The molecule has 1 fully saturated rings. The van der Waals surface area contributed by atoms with Crippen molar-refractivity contribution in [3.05, 3.63) is 60.4 Å². The van der Waals surface area contributed by atoms with Gasteiger partial charge in [0.2, 0.25) is 0 Å². The summed E-state index contributed by atoms with van der Waals surface area (Å²) in [6, 6.07) is 15.0. The Morgan fingerprint density at radius 1 is 1.13 bits per heavy atom. The van der Waals surface area contributed by atoms with Crippen LogP contribution in [0.1, 0.15) is 18.4 Å². The predicted octanol–water partition coefficient (Wildman–Crippen LogP) is 5.04. The summed E-state index contributed by atoms with van der Waals surface area (Å²) in [5, 5.41) is 3.40. The smallest absolute Gasteiger partial charge is 0.197 e. The Hall–Kier alpha value is -2.57. The van der Waals surface area contributed by atoms with Gasteiger partial charge in [0.25, 0.3) is 0 Å². The van der Waals surface area contributed by atoms with E-state index in [4.69, 9.17) is 4.98 Å². The van der Waals surface area contributed by atoms with Crippen molar-refractivity contribution in [2.24, 2.45) is 5.92 Å². The fourth-order valence-electron chi connectivity index (χ4n) is 4.35. The van der Waals surface area contributed by atoms with E-state index in [-0.39, 0.29) is 0 Å². The highest BCUT2D eigenvalue weighted by Gasteiger charge is 2.19. The van der Waals surface area contributed by atoms with Gasteiger partial charge in [-0.25, -0.2) is 4.98 Å². The maximum absolute atomic E-state index is 10.6. The summed E-state index contributed by atoms with van der Waals surface area (Å²) in [6.07, 6.45) is 8.06. The number of hydrogen-bond acceptors (Lipinski definition) is 5. The van der Waals surface area contributed by atoms with Gasteiger partial charge >= 0.3 is 0 Å². The van der Waals surface area contributed by atoms with Gasteiger partial charge in [-0.2, -0.15) is 0 Å². The molecular weight excluding hydrogens is 389 g/mol. The number of aromatic nitrogens is 2. The number of likely N-dealkylation sites (tertiary alicyclic amines) is 1. The number of pyridine rings is 1. The molecule has 2 aromatic heterocycles. The Kier molecular flexibility index (Phi) is 5.60. The van der Waals surface area contributed by atoms with Crippen molar-refractivity contribution in [1.29, 1.82) is 0 Å². The number of rotatable bonds is 6. The highest BCUT2D eigenvalue weighted by molar-refractivity contribution is 7.21. The maximum Gasteiger partial charge on any atom is 0.197 e. The lowest BCUT2D eigenvalue weighted by Crippen LogP contribution is -2.33. The van der Waals surface area contributed by atoms with Crippen molar-refractivity contribution < 1.29 is 4.79 Å². The monoisotopic (exact) mass is 412 g/mol. The van der Waals surface area contributed by atoms with E-state index < -0.39 is 0 Å². The van der Waals surface area contributed by atoms with Gasteiger partial charge in [0.1, 0.15) is 5.01 Å². The van der Waals surface area contributed by atoms with Crippen LogP contribution in [0, 0.1) is 5.92 Å². The summed E-state index contributed by atoms with van der Waals surface area (Å²) >= 11 is 1.72. The summed E-state index contributed by atoms with van der Waals surface area (Å²) in [5.74, 6) is 0.653. The van der Waals surface area contributed by atoms with Crippen molar-refractivity contribution in [3.8, 4) is 10.6 Å². The molecule has 5 rings (SSSR count). The third-order valence-corrected chi connectivity index (χ3v) is 7.10. The Labute approximate surface area is 181 Å². The standard InChI is InChI=1S/C24H23BN3OS/c29-16-25-12-17-7-9-28(10-8-17)15-18-5-6-19-13-26-14-21(20(19)11-18)24-27-22-3-1-2-4-23(22)30-24/h1-6,11,13-14,16-17H,7-10,12,15H2. The molecule has 0 amide bonds. The summed E-state index contributed by atoms with van der Waals surface area (Å²) in [6.45, 7) is 3.15. The van der Waals surface area contributed by atoms with Gasteiger partial charge in [0.15, 0.2) is 7.28 Å². The molecule has 2 aromatic carbocycles. The van der Waals surface area contributed by atoms with Crippen LogP contribution in [0.4, 0.5) is 0 Å². The molecular formula is C24H23BN3OS. The average Bonchev–Trinajstić information content (AvgIpc) is 3.22. The fourth-order valence-corrected chi connectivity index (χ4v) is 5.34. The number of carbonyl (C=O) groups is 1. The van der Waals surface area contributed by atoms with E-state index in [0.29, 0.717) is 5.92 Å². The first-order chi connectivity index (χ1) is 14.8. The number of hydrogen-bond donors (Lipinski definition) is 0. The largest absolute Gasteiger partial charge is 0.316 e. The Morgan fingerprint density at radius 2 is 2.00 bits per heavy atom. The second kappa shape index (κ2) is 8.66. The number of fused-ring (bicyclic) bond motifs is 2. The lowest BCUT2D eigenvalue weighted by atomic mass is 9.69. The molecule has 3 heterocycles. The van der Waals surface area contributed by atoms with Gasteiger partial charge in [-0.15, -0.1) is 11.3 Å². The van der Waals surface area contributed by atoms with Crippen LogP contribution < -0.4 is 0 Å². The Balaban J connectivity index is 1.39. The maximum atomic E-state index is 10.6. The molecule has 0 aliphatic carbocycles. The van der Waals surface area contributed by atoms with Crippen molar-refractivity contribution in [1.82, 2.24) is 14.9 Å². The Bertz CT molecular complexity index is 1150. The van der Waals surface area contributed by atoms with Crippen LogP contribution in [0.15, 0.2) is 54.9 Å². The van der Waals surface area contributed by atoms with Gasteiger partial charge in [-0.05, 0) is 61.0 Å². The zero-order valence-electron chi connectivity index (χ0n) is 16.8. The van der Waals surface area contributed by atoms with Crippen molar-refractivity contribution in [2.75, 3.05) is 13.1 Å². The minimum atomic E-state index is 0.653. The van der Waals surface area contributed by atoms with Gasteiger partial charge in [0, 0.05) is 29.9 Å². The molecule has 30 heavy (non-hydrogen) atoms. The van der Waals surface area contributed by atoms with E-state index >= 15 is 0 Å². The van der Waals surface area contributed by atoms with Gasteiger partial charge in [-0.1, -0.05) is 30.6 Å². The number of nitrogens with zero attached hydrogens (tertiary/aromatic N) is 3. The molecule has 0 saturated carbocycles. The first-order valence-corrected chi connectivity index (χ1v) is 11.3. The lowest BCUT2D eigenvalue weighted by Gasteiger charge is -2.31. The van der Waals surface area contributed by atoms with E-state index in [1.807, 2.05) is 18.5 Å². The van der Waals surface area contributed by atoms with Crippen LogP contribution >= 0.6 is 11.3 Å². The average molecular weight is 412 g/mol. The molecule has 1 aliphatic rings. The lowest BCUT2D eigenvalue weighted by molar-refractivity contribution is 0.185. The first kappa shape index (κ1) is 19.4. The molecule has 4 nitrogen and oxygen atoms in total. The molecule has 0 unspecified atom stereocenters. The van der Waals surface area contributed by atoms with Crippen LogP contribution in [0.5, 0.6) is 0 Å². The predicted molar refractivity (Wildman–Crippen MR) is 126 cm³/mol. The van der Waals surface area contributed by atoms with Crippen molar-refractivity contribution in [2.45, 2.75) is 25.7 Å². The molecule has 149 valence electrons. The molecule has 1 radical (unpaired) electrons. The van der Waals surface area contributed by atoms with E-state index in [0.717, 1.165) is 53.6 Å². The molecule has 1 aliphatic heterocycles. The summed E-state index contributed by atoms with van der Waals surface area (Å²) in [5.41, 5.74) is 3.48. The number of piperidine rings is 1. The van der Waals surface area contributed by atoms with E-state index in [9.17, 15) is 4.79 Å². The topological polar surface area (TPSA) is 46.1 Å². The second-order valence-corrected chi connectivity index (χ2v) is 9.09. The SMILES string of the molecule is O=C[B]CC1CCN(Cc2ccc3cncc(-c4nc5ccccc5s4)c3c2)CC1.